The van der Waals surface area contributed by atoms with Crippen LogP contribution in [0.3, 0.4) is 0 Å². The van der Waals surface area contributed by atoms with Gasteiger partial charge in [0.2, 0.25) is 0 Å². The van der Waals surface area contributed by atoms with E-state index in [1.807, 2.05) is 0 Å². The molecule has 66 valence electrons. The highest BCUT2D eigenvalue weighted by molar-refractivity contribution is 6.44. The summed E-state index contributed by atoms with van der Waals surface area (Å²) in [6, 6.07) is 5.37. The molecule has 0 saturated carbocycles. The van der Waals surface area contributed by atoms with Gasteiger partial charge in [0.15, 0.2) is 0 Å². The Morgan fingerprint density at radius 1 is 1.17 bits per heavy atom. The lowest BCUT2D eigenvalue weighted by Gasteiger charge is -2.10. The minimum absolute atomic E-state index is 0.355. The zero-order valence-corrected chi connectivity index (χ0v) is 7.56. The molecule has 1 atom stereocenters. The zero-order valence-electron chi connectivity index (χ0n) is 6.05. The molecule has 0 saturated heterocycles. The normalized spacial score (nSPS) is 13.4. The number of alkyl halides is 2. The van der Waals surface area contributed by atoms with Gasteiger partial charge >= 0.3 is 0 Å². The van der Waals surface area contributed by atoms with Crippen LogP contribution in [0.2, 0.25) is 0 Å². The molecule has 0 aromatic heterocycles. The summed E-state index contributed by atoms with van der Waals surface area (Å²) in [6.45, 7) is 0. The molecule has 1 rings (SSSR count). The molecule has 0 aliphatic carbocycles. The molecular weight excluding hydrogens is 202 g/mol. The molecule has 1 aromatic rings. The van der Waals surface area contributed by atoms with E-state index in [0.29, 0.717) is 5.56 Å². The number of benzene rings is 1. The molecular formula is C8H7Cl2FO. The van der Waals surface area contributed by atoms with Crippen molar-refractivity contribution in [2.45, 2.75) is 10.9 Å². The molecule has 1 unspecified atom stereocenters. The Hall–Kier alpha value is -0.310. The fourth-order valence-electron chi connectivity index (χ4n) is 0.805. The minimum Gasteiger partial charge on any atom is -0.386 e. The van der Waals surface area contributed by atoms with Gasteiger partial charge in [-0.15, -0.1) is 23.2 Å². The second kappa shape index (κ2) is 4.08. The van der Waals surface area contributed by atoms with Crippen molar-refractivity contribution in [1.29, 1.82) is 0 Å². The van der Waals surface area contributed by atoms with Gasteiger partial charge in [-0.25, -0.2) is 4.39 Å². The van der Waals surface area contributed by atoms with Crippen LogP contribution in [0.1, 0.15) is 11.7 Å². The fourth-order valence-corrected chi connectivity index (χ4v) is 1.10. The summed E-state index contributed by atoms with van der Waals surface area (Å²) in [5, 5.41) is 9.30. The van der Waals surface area contributed by atoms with Crippen LogP contribution in [0, 0.1) is 5.82 Å². The van der Waals surface area contributed by atoms with E-state index in [2.05, 4.69) is 0 Å². The molecule has 0 aliphatic heterocycles. The van der Waals surface area contributed by atoms with E-state index in [4.69, 9.17) is 23.2 Å². The van der Waals surface area contributed by atoms with E-state index in [0.717, 1.165) is 0 Å². The number of aliphatic hydroxyl groups is 1. The molecule has 0 heterocycles. The molecule has 0 aliphatic rings. The minimum atomic E-state index is -0.964. The van der Waals surface area contributed by atoms with E-state index in [9.17, 15) is 9.50 Å². The van der Waals surface area contributed by atoms with Crippen LogP contribution < -0.4 is 0 Å². The average Bonchev–Trinajstić information content (AvgIpc) is 2.04. The van der Waals surface area contributed by atoms with E-state index < -0.39 is 10.9 Å². The standard InChI is InChI=1S/C8H7Cl2FO/c9-8(10)7(12)5-1-3-6(11)4-2-5/h1-4,7-8,12H. The van der Waals surface area contributed by atoms with Crippen LogP contribution in [0.15, 0.2) is 24.3 Å². The Labute approximate surface area is 79.7 Å². The average molecular weight is 209 g/mol. The van der Waals surface area contributed by atoms with Gasteiger partial charge in [-0.3, -0.25) is 0 Å². The van der Waals surface area contributed by atoms with Crippen molar-refractivity contribution >= 4 is 23.2 Å². The molecule has 0 amide bonds. The Morgan fingerprint density at radius 3 is 2.08 bits per heavy atom. The van der Waals surface area contributed by atoms with Gasteiger partial charge in [-0.2, -0.15) is 0 Å². The smallest absolute Gasteiger partial charge is 0.137 e. The van der Waals surface area contributed by atoms with E-state index in [1.165, 1.54) is 24.3 Å². The van der Waals surface area contributed by atoms with Crippen molar-refractivity contribution in [2.75, 3.05) is 0 Å². The second-order valence-corrected chi connectivity index (χ2v) is 3.49. The third-order valence-electron chi connectivity index (χ3n) is 1.45. The maximum atomic E-state index is 12.4. The van der Waals surface area contributed by atoms with Crippen molar-refractivity contribution in [3.05, 3.63) is 35.6 Å². The van der Waals surface area contributed by atoms with Crippen molar-refractivity contribution in [2.24, 2.45) is 0 Å². The van der Waals surface area contributed by atoms with Gasteiger partial charge in [-0.1, -0.05) is 12.1 Å². The number of hydrogen-bond donors (Lipinski definition) is 1. The van der Waals surface area contributed by atoms with Gasteiger partial charge in [0.1, 0.15) is 16.8 Å². The summed E-state index contributed by atoms with van der Waals surface area (Å²) in [4.78, 5) is -0.893. The fraction of sp³-hybridized carbons (Fsp3) is 0.250. The first-order valence-electron chi connectivity index (χ1n) is 3.33. The third-order valence-corrected chi connectivity index (χ3v) is 1.93. The maximum Gasteiger partial charge on any atom is 0.137 e. The first kappa shape index (κ1) is 9.78. The SMILES string of the molecule is OC(c1ccc(F)cc1)C(Cl)Cl. The predicted molar refractivity (Wildman–Crippen MR) is 46.9 cm³/mol. The predicted octanol–water partition coefficient (Wildman–Crippen LogP) is 2.66. The molecule has 1 nitrogen and oxygen atoms in total. The maximum absolute atomic E-state index is 12.4. The summed E-state index contributed by atoms with van der Waals surface area (Å²) < 4.78 is 12.4. The molecule has 0 bridgehead atoms. The molecule has 4 heteroatoms. The highest BCUT2D eigenvalue weighted by Crippen LogP contribution is 2.23. The second-order valence-electron chi connectivity index (χ2n) is 2.33. The number of hydrogen-bond acceptors (Lipinski definition) is 1. The highest BCUT2D eigenvalue weighted by atomic mass is 35.5. The molecule has 1 N–H and O–H groups in total. The third kappa shape index (κ3) is 2.34. The summed E-state index contributed by atoms with van der Waals surface area (Å²) >= 11 is 10.8. The highest BCUT2D eigenvalue weighted by Gasteiger charge is 2.14. The summed E-state index contributed by atoms with van der Waals surface area (Å²) in [5.41, 5.74) is 0.506. The Morgan fingerprint density at radius 2 is 1.67 bits per heavy atom. The number of aliphatic hydroxyl groups excluding tert-OH is 1. The van der Waals surface area contributed by atoms with Crippen LogP contribution in [-0.4, -0.2) is 9.94 Å². The molecule has 1 aromatic carbocycles. The summed E-state index contributed by atoms with van der Waals surface area (Å²) in [5.74, 6) is -0.355. The summed E-state index contributed by atoms with van der Waals surface area (Å²) in [6.07, 6.45) is -0.964. The first-order valence-corrected chi connectivity index (χ1v) is 4.20. The van der Waals surface area contributed by atoms with E-state index in [-0.39, 0.29) is 5.82 Å². The van der Waals surface area contributed by atoms with Crippen LogP contribution in [0.5, 0.6) is 0 Å². The monoisotopic (exact) mass is 208 g/mol. The lowest BCUT2D eigenvalue weighted by Crippen LogP contribution is -2.05. The van der Waals surface area contributed by atoms with Crippen LogP contribution >= 0.6 is 23.2 Å². The first-order chi connectivity index (χ1) is 5.61. The van der Waals surface area contributed by atoms with E-state index in [1.54, 1.807) is 0 Å². The van der Waals surface area contributed by atoms with Crippen LogP contribution in [-0.2, 0) is 0 Å². The lowest BCUT2D eigenvalue weighted by atomic mass is 10.1. The van der Waals surface area contributed by atoms with Crippen molar-refractivity contribution in [3.8, 4) is 0 Å². The van der Waals surface area contributed by atoms with Gasteiger partial charge in [0, 0.05) is 0 Å². The van der Waals surface area contributed by atoms with E-state index >= 15 is 0 Å². The van der Waals surface area contributed by atoms with Gasteiger partial charge in [0.05, 0.1) is 0 Å². The molecule has 0 radical (unpaired) electrons. The lowest BCUT2D eigenvalue weighted by molar-refractivity contribution is 0.192. The Kier molecular flexibility index (Phi) is 3.32. The van der Waals surface area contributed by atoms with Gasteiger partial charge in [0.25, 0.3) is 0 Å². The van der Waals surface area contributed by atoms with Gasteiger partial charge < -0.3 is 5.11 Å². The van der Waals surface area contributed by atoms with Crippen molar-refractivity contribution < 1.29 is 9.50 Å². The van der Waals surface area contributed by atoms with Crippen LogP contribution in [0.4, 0.5) is 4.39 Å². The Balaban J connectivity index is 2.82. The molecule has 0 fully saturated rings. The quantitative estimate of drug-likeness (QED) is 0.742. The van der Waals surface area contributed by atoms with Gasteiger partial charge in [-0.05, 0) is 17.7 Å². The Bertz CT molecular complexity index is 248. The molecule has 0 spiro atoms. The van der Waals surface area contributed by atoms with Crippen LogP contribution in [0.25, 0.3) is 0 Å². The largest absolute Gasteiger partial charge is 0.386 e. The van der Waals surface area contributed by atoms with Crippen molar-refractivity contribution in [1.82, 2.24) is 0 Å². The molecule has 12 heavy (non-hydrogen) atoms. The van der Waals surface area contributed by atoms with Crippen molar-refractivity contribution in [3.63, 3.8) is 0 Å². The number of halogens is 3. The zero-order chi connectivity index (χ0) is 9.14. The number of rotatable bonds is 2. The summed E-state index contributed by atoms with van der Waals surface area (Å²) in [7, 11) is 0. The topological polar surface area (TPSA) is 20.2 Å².